The molecule has 1 aliphatic carbocycles. The van der Waals surface area contributed by atoms with Crippen LogP contribution < -0.4 is 4.74 Å². The zero-order chi connectivity index (χ0) is 13.8. The van der Waals surface area contributed by atoms with Gasteiger partial charge >= 0.3 is 11.7 Å². The Kier molecular flexibility index (Phi) is 3.99. The molecule has 0 atom stereocenters. The van der Waals surface area contributed by atoms with Gasteiger partial charge in [0.1, 0.15) is 0 Å². The molecule has 1 aromatic carbocycles. The topological polar surface area (TPSA) is 89.7 Å². The second-order valence-electron chi connectivity index (χ2n) is 4.62. The van der Waals surface area contributed by atoms with E-state index in [0.717, 1.165) is 32.1 Å². The molecule has 0 spiro atoms. The quantitative estimate of drug-likeness (QED) is 0.667. The molecule has 1 aliphatic rings. The largest absolute Gasteiger partial charge is 0.483 e. The number of benzene rings is 1. The van der Waals surface area contributed by atoms with Crippen molar-refractivity contribution in [2.75, 3.05) is 0 Å². The Labute approximate surface area is 110 Å². The molecule has 6 nitrogen and oxygen atoms in total. The van der Waals surface area contributed by atoms with Gasteiger partial charge in [-0.2, -0.15) is 0 Å². The fraction of sp³-hybridized carbons (Fsp3) is 0.462. The van der Waals surface area contributed by atoms with Crippen molar-refractivity contribution in [1.29, 1.82) is 0 Å². The summed E-state index contributed by atoms with van der Waals surface area (Å²) in [5.41, 5.74) is -0.188. The Balaban J connectivity index is 2.26. The number of carbonyl (C=O) groups is 1. The summed E-state index contributed by atoms with van der Waals surface area (Å²) < 4.78 is 5.63. The molecule has 0 amide bonds. The van der Waals surface area contributed by atoms with Crippen LogP contribution in [-0.2, 0) is 0 Å². The molecule has 1 fully saturated rings. The minimum atomic E-state index is -1.12. The summed E-state index contributed by atoms with van der Waals surface area (Å²) in [4.78, 5) is 21.3. The van der Waals surface area contributed by atoms with Crippen molar-refractivity contribution >= 4 is 11.7 Å². The van der Waals surface area contributed by atoms with E-state index in [4.69, 9.17) is 9.84 Å². The van der Waals surface area contributed by atoms with Crippen LogP contribution in [0.25, 0.3) is 0 Å². The second kappa shape index (κ2) is 5.69. The molecule has 19 heavy (non-hydrogen) atoms. The normalized spacial score (nSPS) is 16.0. The van der Waals surface area contributed by atoms with E-state index in [1.807, 2.05) is 0 Å². The van der Waals surface area contributed by atoms with E-state index in [-0.39, 0.29) is 23.1 Å². The van der Waals surface area contributed by atoms with Crippen molar-refractivity contribution in [2.24, 2.45) is 0 Å². The lowest BCUT2D eigenvalue weighted by Gasteiger charge is -2.22. The predicted molar refractivity (Wildman–Crippen MR) is 67.6 cm³/mol. The summed E-state index contributed by atoms with van der Waals surface area (Å²) in [6, 6.07) is 3.63. The Hall–Kier alpha value is -2.11. The Morgan fingerprint density at radius 2 is 2.00 bits per heavy atom. The zero-order valence-corrected chi connectivity index (χ0v) is 10.4. The van der Waals surface area contributed by atoms with Crippen LogP contribution in [0, 0.1) is 10.1 Å². The lowest BCUT2D eigenvalue weighted by molar-refractivity contribution is -0.386. The molecule has 0 aliphatic heterocycles. The van der Waals surface area contributed by atoms with E-state index in [0.29, 0.717) is 0 Å². The highest BCUT2D eigenvalue weighted by molar-refractivity contribution is 5.88. The first-order valence-electron chi connectivity index (χ1n) is 6.26. The van der Waals surface area contributed by atoms with E-state index < -0.39 is 10.9 Å². The minimum absolute atomic E-state index is 0.00332. The first-order valence-corrected chi connectivity index (χ1v) is 6.26. The van der Waals surface area contributed by atoms with E-state index in [9.17, 15) is 14.9 Å². The Bertz CT molecular complexity index is 494. The van der Waals surface area contributed by atoms with E-state index in [1.165, 1.54) is 18.2 Å². The molecule has 0 aromatic heterocycles. The average molecular weight is 265 g/mol. The van der Waals surface area contributed by atoms with Crippen molar-refractivity contribution in [2.45, 2.75) is 38.2 Å². The summed E-state index contributed by atoms with van der Waals surface area (Å²) in [6.45, 7) is 0. The standard InChI is InChI=1S/C13H15NO5/c15-13(16)9-6-7-11(14(17)18)12(8-9)19-10-4-2-1-3-5-10/h6-8,10H,1-5H2,(H,15,16). The second-order valence-corrected chi connectivity index (χ2v) is 4.62. The summed E-state index contributed by atoms with van der Waals surface area (Å²) in [6.07, 6.45) is 4.88. The minimum Gasteiger partial charge on any atom is -0.483 e. The van der Waals surface area contributed by atoms with Gasteiger partial charge in [-0.1, -0.05) is 6.42 Å². The van der Waals surface area contributed by atoms with Gasteiger partial charge in [0.2, 0.25) is 0 Å². The molecule has 0 bridgehead atoms. The van der Waals surface area contributed by atoms with Crippen LogP contribution in [0.3, 0.4) is 0 Å². The van der Waals surface area contributed by atoms with Gasteiger partial charge in [0.05, 0.1) is 16.6 Å². The molecule has 1 N–H and O–H groups in total. The SMILES string of the molecule is O=C(O)c1ccc([N+](=O)[O-])c(OC2CCCCC2)c1. The highest BCUT2D eigenvalue weighted by Gasteiger charge is 2.22. The van der Waals surface area contributed by atoms with Crippen LogP contribution in [0.2, 0.25) is 0 Å². The lowest BCUT2D eigenvalue weighted by atomic mass is 9.98. The van der Waals surface area contributed by atoms with Gasteiger partial charge in [-0.25, -0.2) is 4.79 Å². The summed E-state index contributed by atoms with van der Waals surface area (Å²) in [7, 11) is 0. The fourth-order valence-electron chi connectivity index (χ4n) is 2.25. The molecule has 1 aromatic rings. The number of aromatic carboxylic acids is 1. The summed E-state index contributed by atoms with van der Waals surface area (Å²) >= 11 is 0. The number of nitro benzene ring substituents is 1. The van der Waals surface area contributed by atoms with Gasteiger partial charge in [-0.05, 0) is 31.7 Å². The fourth-order valence-corrected chi connectivity index (χ4v) is 2.25. The monoisotopic (exact) mass is 265 g/mol. The molecule has 102 valence electrons. The zero-order valence-electron chi connectivity index (χ0n) is 10.4. The highest BCUT2D eigenvalue weighted by atomic mass is 16.6. The third-order valence-corrected chi connectivity index (χ3v) is 3.25. The van der Waals surface area contributed by atoms with Crippen molar-refractivity contribution < 1.29 is 19.6 Å². The molecule has 0 heterocycles. The van der Waals surface area contributed by atoms with Gasteiger partial charge < -0.3 is 9.84 Å². The van der Waals surface area contributed by atoms with Crippen LogP contribution in [-0.4, -0.2) is 22.1 Å². The first-order chi connectivity index (χ1) is 9.08. The van der Waals surface area contributed by atoms with Crippen LogP contribution in [0.1, 0.15) is 42.5 Å². The van der Waals surface area contributed by atoms with Crippen molar-refractivity contribution in [3.63, 3.8) is 0 Å². The van der Waals surface area contributed by atoms with E-state index in [2.05, 4.69) is 0 Å². The molecule has 0 radical (unpaired) electrons. The third-order valence-electron chi connectivity index (χ3n) is 3.25. The lowest BCUT2D eigenvalue weighted by Crippen LogP contribution is -2.20. The molecule has 0 saturated heterocycles. The maximum absolute atomic E-state index is 10.9. The number of rotatable bonds is 4. The molecular formula is C13H15NO5. The van der Waals surface area contributed by atoms with Crippen LogP contribution in [0.5, 0.6) is 5.75 Å². The maximum Gasteiger partial charge on any atom is 0.335 e. The predicted octanol–water partition coefficient (Wildman–Crippen LogP) is 3.00. The van der Waals surface area contributed by atoms with Crippen molar-refractivity contribution in [3.05, 3.63) is 33.9 Å². The van der Waals surface area contributed by atoms with Crippen LogP contribution >= 0.6 is 0 Å². The third kappa shape index (κ3) is 3.21. The van der Waals surface area contributed by atoms with E-state index in [1.54, 1.807) is 0 Å². The molecule has 6 heteroatoms. The van der Waals surface area contributed by atoms with Crippen LogP contribution in [0.4, 0.5) is 5.69 Å². The summed E-state index contributed by atoms with van der Waals surface area (Å²) in [5, 5.41) is 19.8. The van der Waals surface area contributed by atoms with E-state index >= 15 is 0 Å². The smallest absolute Gasteiger partial charge is 0.335 e. The number of hydrogen-bond donors (Lipinski definition) is 1. The highest BCUT2D eigenvalue weighted by Crippen LogP contribution is 2.31. The number of carboxylic acid groups (broad SMARTS) is 1. The maximum atomic E-state index is 10.9. The number of carboxylic acids is 1. The number of nitrogens with zero attached hydrogens (tertiary/aromatic N) is 1. The molecule has 2 rings (SSSR count). The number of nitro groups is 1. The Morgan fingerprint density at radius 1 is 1.32 bits per heavy atom. The van der Waals surface area contributed by atoms with Gasteiger partial charge in [-0.3, -0.25) is 10.1 Å². The van der Waals surface area contributed by atoms with Gasteiger partial charge in [0, 0.05) is 12.1 Å². The van der Waals surface area contributed by atoms with Gasteiger partial charge in [-0.15, -0.1) is 0 Å². The van der Waals surface area contributed by atoms with Crippen molar-refractivity contribution in [3.8, 4) is 5.75 Å². The van der Waals surface area contributed by atoms with Crippen LogP contribution in [0.15, 0.2) is 18.2 Å². The molecular weight excluding hydrogens is 250 g/mol. The Morgan fingerprint density at radius 3 is 2.58 bits per heavy atom. The van der Waals surface area contributed by atoms with Crippen molar-refractivity contribution in [1.82, 2.24) is 0 Å². The molecule has 0 unspecified atom stereocenters. The first kappa shape index (κ1) is 13.3. The molecule has 1 saturated carbocycles. The number of ether oxygens (including phenoxy) is 1. The van der Waals surface area contributed by atoms with Gasteiger partial charge in [0.15, 0.2) is 5.75 Å². The summed E-state index contributed by atoms with van der Waals surface area (Å²) in [5.74, 6) is -1.07. The average Bonchev–Trinajstić information content (AvgIpc) is 2.39. The van der Waals surface area contributed by atoms with Gasteiger partial charge in [0.25, 0.3) is 0 Å². The number of hydrogen-bond acceptors (Lipinski definition) is 4.